The van der Waals surface area contributed by atoms with Gasteiger partial charge in [0.15, 0.2) is 0 Å². The second kappa shape index (κ2) is 6.21. The number of hydrogen-bond donors (Lipinski definition) is 1. The van der Waals surface area contributed by atoms with E-state index in [9.17, 15) is 9.18 Å². The second-order valence-corrected chi connectivity index (χ2v) is 4.85. The maximum atomic E-state index is 13.0. The maximum Gasteiger partial charge on any atom is 0.251 e. The van der Waals surface area contributed by atoms with Gasteiger partial charge in [-0.25, -0.2) is 4.39 Å². The van der Waals surface area contributed by atoms with Crippen LogP contribution in [0.25, 0.3) is 0 Å². The van der Waals surface area contributed by atoms with Crippen molar-refractivity contribution in [2.75, 3.05) is 12.4 Å². The number of alkyl halides is 1. The first kappa shape index (κ1) is 13.5. The smallest absolute Gasteiger partial charge is 0.251 e. The van der Waals surface area contributed by atoms with Crippen LogP contribution in [0.1, 0.15) is 17.3 Å². The Kier molecular flexibility index (Phi) is 5.22. The van der Waals surface area contributed by atoms with E-state index in [0.717, 1.165) is 0 Å². The van der Waals surface area contributed by atoms with Crippen LogP contribution in [-0.2, 0) is 0 Å². The van der Waals surface area contributed by atoms with Crippen LogP contribution >= 0.6 is 27.5 Å². The van der Waals surface area contributed by atoms with Gasteiger partial charge in [-0.05, 0) is 24.1 Å². The first-order chi connectivity index (χ1) is 7.52. The number of rotatable bonds is 4. The summed E-state index contributed by atoms with van der Waals surface area (Å²) in [5.74, 6) is -0.0580. The van der Waals surface area contributed by atoms with Crippen LogP contribution in [0.2, 0.25) is 0 Å². The van der Waals surface area contributed by atoms with E-state index in [2.05, 4.69) is 21.2 Å². The molecule has 0 bridgehead atoms. The largest absolute Gasteiger partial charge is 0.352 e. The monoisotopic (exact) mass is 307 g/mol. The van der Waals surface area contributed by atoms with Crippen LogP contribution < -0.4 is 5.32 Å². The Bertz CT molecular complexity index is 366. The van der Waals surface area contributed by atoms with Crippen LogP contribution in [0.15, 0.2) is 22.7 Å². The Hall–Kier alpha value is -0.610. The summed E-state index contributed by atoms with van der Waals surface area (Å²) in [5, 5.41) is 2.69. The summed E-state index contributed by atoms with van der Waals surface area (Å²) in [6.07, 6.45) is 0. The number of benzene rings is 1. The van der Waals surface area contributed by atoms with Crippen molar-refractivity contribution < 1.29 is 9.18 Å². The summed E-state index contributed by atoms with van der Waals surface area (Å²) >= 11 is 8.75. The van der Waals surface area contributed by atoms with Gasteiger partial charge in [0.05, 0.1) is 0 Å². The SMILES string of the molecule is CC(CCl)CNC(=O)c1cc(F)cc(Br)c1. The molecule has 0 spiro atoms. The molecule has 1 N–H and O–H groups in total. The highest BCUT2D eigenvalue weighted by Gasteiger charge is 2.09. The number of carbonyl (C=O) groups is 1. The molecule has 1 rings (SSSR count). The molecule has 0 aliphatic rings. The van der Waals surface area contributed by atoms with E-state index in [4.69, 9.17) is 11.6 Å². The topological polar surface area (TPSA) is 29.1 Å². The van der Waals surface area contributed by atoms with E-state index in [1.807, 2.05) is 6.92 Å². The first-order valence-electron chi connectivity index (χ1n) is 4.83. The van der Waals surface area contributed by atoms with Crippen molar-refractivity contribution in [2.24, 2.45) is 5.92 Å². The van der Waals surface area contributed by atoms with E-state index in [-0.39, 0.29) is 11.8 Å². The molecular weight excluding hydrogens is 296 g/mol. The molecule has 0 aliphatic carbocycles. The van der Waals surface area contributed by atoms with Gasteiger partial charge < -0.3 is 5.32 Å². The van der Waals surface area contributed by atoms with Gasteiger partial charge in [0.1, 0.15) is 5.82 Å². The minimum Gasteiger partial charge on any atom is -0.352 e. The average Bonchev–Trinajstić information content (AvgIpc) is 2.23. The van der Waals surface area contributed by atoms with Crippen molar-refractivity contribution in [3.8, 4) is 0 Å². The predicted octanol–water partition coefficient (Wildman–Crippen LogP) is 3.19. The van der Waals surface area contributed by atoms with E-state index < -0.39 is 5.82 Å². The zero-order valence-corrected chi connectivity index (χ0v) is 11.1. The highest BCUT2D eigenvalue weighted by atomic mass is 79.9. The van der Waals surface area contributed by atoms with Crippen LogP contribution in [0.4, 0.5) is 4.39 Å². The Morgan fingerprint density at radius 1 is 1.56 bits per heavy atom. The van der Waals surface area contributed by atoms with Gasteiger partial charge in [0.2, 0.25) is 0 Å². The fraction of sp³-hybridized carbons (Fsp3) is 0.364. The Balaban J connectivity index is 2.66. The zero-order valence-electron chi connectivity index (χ0n) is 8.77. The summed E-state index contributed by atoms with van der Waals surface area (Å²) in [5.41, 5.74) is 0.300. The van der Waals surface area contributed by atoms with Crippen molar-refractivity contribution >= 4 is 33.4 Å². The second-order valence-electron chi connectivity index (χ2n) is 3.63. The molecule has 5 heteroatoms. The van der Waals surface area contributed by atoms with Crippen LogP contribution in [0.5, 0.6) is 0 Å². The van der Waals surface area contributed by atoms with Crippen molar-refractivity contribution in [3.05, 3.63) is 34.1 Å². The number of amides is 1. The van der Waals surface area contributed by atoms with Crippen molar-refractivity contribution in [3.63, 3.8) is 0 Å². The third-order valence-corrected chi connectivity index (χ3v) is 2.98. The van der Waals surface area contributed by atoms with E-state index in [1.54, 1.807) is 6.07 Å². The molecule has 0 aliphatic heterocycles. The molecule has 0 fully saturated rings. The van der Waals surface area contributed by atoms with E-state index >= 15 is 0 Å². The molecule has 0 heterocycles. The van der Waals surface area contributed by atoms with Gasteiger partial charge in [0.25, 0.3) is 5.91 Å². The molecule has 0 aromatic heterocycles. The van der Waals surface area contributed by atoms with Gasteiger partial charge >= 0.3 is 0 Å². The molecule has 1 unspecified atom stereocenters. The lowest BCUT2D eigenvalue weighted by atomic mass is 10.2. The van der Waals surface area contributed by atoms with Crippen molar-refractivity contribution in [2.45, 2.75) is 6.92 Å². The summed E-state index contributed by atoms with van der Waals surface area (Å²) in [6, 6.07) is 4.08. The molecule has 0 saturated heterocycles. The van der Waals surface area contributed by atoms with Crippen LogP contribution in [0.3, 0.4) is 0 Å². The van der Waals surface area contributed by atoms with Gasteiger partial charge in [-0.2, -0.15) is 0 Å². The lowest BCUT2D eigenvalue weighted by Crippen LogP contribution is -2.28. The van der Waals surface area contributed by atoms with E-state index in [1.165, 1.54) is 12.1 Å². The Morgan fingerprint density at radius 3 is 2.81 bits per heavy atom. The standard InChI is InChI=1S/C11H12BrClFNO/c1-7(5-13)6-15-11(16)8-2-9(12)4-10(14)3-8/h2-4,7H,5-6H2,1H3,(H,15,16). The summed E-state index contributed by atoms with van der Waals surface area (Å²) in [6.45, 7) is 2.41. The summed E-state index contributed by atoms with van der Waals surface area (Å²) < 4.78 is 13.6. The highest BCUT2D eigenvalue weighted by Crippen LogP contribution is 2.14. The predicted molar refractivity (Wildman–Crippen MR) is 66.3 cm³/mol. The van der Waals surface area contributed by atoms with Gasteiger partial charge in [-0.3, -0.25) is 4.79 Å². The summed E-state index contributed by atoms with van der Waals surface area (Å²) in [7, 11) is 0. The van der Waals surface area contributed by atoms with Crippen molar-refractivity contribution in [1.82, 2.24) is 5.32 Å². The van der Waals surface area contributed by atoms with Crippen molar-refractivity contribution in [1.29, 1.82) is 0 Å². The summed E-state index contributed by atoms with van der Waals surface area (Å²) in [4.78, 5) is 11.6. The molecule has 88 valence electrons. The first-order valence-corrected chi connectivity index (χ1v) is 6.16. The third kappa shape index (κ3) is 4.10. The molecule has 2 nitrogen and oxygen atoms in total. The fourth-order valence-corrected chi connectivity index (χ4v) is 1.68. The molecule has 1 amide bonds. The molecule has 16 heavy (non-hydrogen) atoms. The number of hydrogen-bond acceptors (Lipinski definition) is 1. The number of carbonyl (C=O) groups excluding carboxylic acids is 1. The van der Waals surface area contributed by atoms with E-state index in [0.29, 0.717) is 22.5 Å². The lowest BCUT2D eigenvalue weighted by molar-refractivity contribution is 0.0948. The third-order valence-electron chi connectivity index (χ3n) is 2.00. The maximum absolute atomic E-state index is 13.0. The number of nitrogens with one attached hydrogen (secondary N) is 1. The molecule has 0 radical (unpaired) electrons. The van der Waals surface area contributed by atoms with Gasteiger partial charge in [-0.1, -0.05) is 22.9 Å². The fourth-order valence-electron chi connectivity index (χ4n) is 1.11. The molecule has 1 atom stereocenters. The Morgan fingerprint density at radius 2 is 2.25 bits per heavy atom. The zero-order chi connectivity index (χ0) is 12.1. The minimum absolute atomic E-state index is 0.197. The quantitative estimate of drug-likeness (QED) is 0.850. The van der Waals surface area contributed by atoms with Crippen LogP contribution in [-0.4, -0.2) is 18.3 Å². The lowest BCUT2D eigenvalue weighted by Gasteiger charge is -2.09. The molecule has 1 aromatic carbocycles. The normalized spacial score (nSPS) is 12.2. The molecular formula is C11H12BrClFNO. The molecule has 1 aromatic rings. The minimum atomic E-state index is -0.440. The average molecular weight is 309 g/mol. The molecule has 0 saturated carbocycles. The van der Waals surface area contributed by atoms with Gasteiger partial charge in [-0.15, -0.1) is 11.6 Å². The highest BCUT2D eigenvalue weighted by molar-refractivity contribution is 9.10. The number of halogens is 3. The Labute approximate surface area is 107 Å². The van der Waals surface area contributed by atoms with Crippen LogP contribution in [0, 0.1) is 11.7 Å². The van der Waals surface area contributed by atoms with Gasteiger partial charge in [0, 0.05) is 22.5 Å².